The van der Waals surface area contributed by atoms with E-state index in [9.17, 15) is 4.39 Å². The molecule has 0 atom stereocenters. The fourth-order valence-electron chi connectivity index (χ4n) is 1.43. The van der Waals surface area contributed by atoms with E-state index in [-0.39, 0.29) is 11.7 Å². The van der Waals surface area contributed by atoms with E-state index in [0.29, 0.717) is 13.1 Å². The lowest BCUT2D eigenvalue weighted by atomic mass is 10.2. The molecule has 0 aliphatic carbocycles. The van der Waals surface area contributed by atoms with Crippen LogP contribution in [0.3, 0.4) is 0 Å². The summed E-state index contributed by atoms with van der Waals surface area (Å²) in [7, 11) is 0. The van der Waals surface area contributed by atoms with Crippen molar-refractivity contribution < 1.29 is 9.60 Å². The van der Waals surface area contributed by atoms with Crippen LogP contribution in [0, 0.1) is 5.82 Å². The maximum Gasteiger partial charge on any atom is 0.153 e. The Kier molecular flexibility index (Phi) is 5.37. The van der Waals surface area contributed by atoms with Crippen molar-refractivity contribution in [1.82, 2.24) is 4.90 Å². The molecule has 1 aromatic rings. The summed E-state index contributed by atoms with van der Waals surface area (Å²) in [5.41, 5.74) is 6.41. The molecule has 94 valence electrons. The molecule has 0 amide bonds. The number of hydrogen-bond acceptors (Lipinski definition) is 3. The van der Waals surface area contributed by atoms with E-state index >= 15 is 0 Å². The van der Waals surface area contributed by atoms with Crippen LogP contribution in [0.1, 0.15) is 12.5 Å². The third kappa shape index (κ3) is 4.32. The largest absolute Gasteiger partial charge is 0.409 e. The number of benzene rings is 1. The van der Waals surface area contributed by atoms with Gasteiger partial charge in [0.15, 0.2) is 5.84 Å². The molecular formula is C11H15BrFN3O. The Morgan fingerprint density at radius 3 is 2.82 bits per heavy atom. The summed E-state index contributed by atoms with van der Waals surface area (Å²) in [6.45, 7) is 3.70. The highest BCUT2D eigenvalue weighted by Gasteiger charge is 2.09. The maximum atomic E-state index is 12.9. The number of nitrogens with two attached hydrogens (primary N) is 1. The van der Waals surface area contributed by atoms with E-state index in [1.165, 1.54) is 12.1 Å². The molecule has 0 unspecified atom stereocenters. The monoisotopic (exact) mass is 303 g/mol. The predicted molar refractivity (Wildman–Crippen MR) is 68.5 cm³/mol. The van der Waals surface area contributed by atoms with Crippen LogP contribution in [0.5, 0.6) is 0 Å². The highest BCUT2D eigenvalue weighted by atomic mass is 79.9. The Hall–Kier alpha value is -1.14. The Morgan fingerprint density at radius 2 is 2.29 bits per heavy atom. The summed E-state index contributed by atoms with van der Waals surface area (Å²) >= 11 is 3.31. The van der Waals surface area contributed by atoms with Crippen LogP contribution in [0.15, 0.2) is 27.8 Å². The molecule has 0 radical (unpaired) electrons. The Bertz CT molecular complexity index is 412. The third-order valence-electron chi connectivity index (χ3n) is 2.37. The van der Waals surface area contributed by atoms with Crippen molar-refractivity contribution in [2.75, 3.05) is 13.1 Å². The van der Waals surface area contributed by atoms with Gasteiger partial charge in [-0.15, -0.1) is 0 Å². The molecule has 1 aromatic carbocycles. The van der Waals surface area contributed by atoms with Crippen LogP contribution in [0.4, 0.5) is 4.39 Å². The smallest absolute Gasteiger partial charge is 0.153 e. The lowest BCUT2D eigenvalue weighted by molar-refractivity contribution is 0.294. The summed E-state index contributed by atoms with van der Waals surface area (Å²) in [5, 5.41) is 11.4. The van der Waals surface area contributed by atoms with Gasteiger partial charge in [-0.05, 0) is 24.2 Å². The van der Waals surface area contributed by atoms with Gasteiger partial charge in [-0.1, -0.05) is 34.1 Å². The van der Waals surface area contributed by atoms with Gasteiger partial charge in [0.2, 0.25) is 0 Å². The van der Waals surface area contributed by atoms with Crippen molar-refractivity contribution in [3.63, 3.8) is 0 Å². The molecular weight excluding hydrogens is 289 g/mol. The SMILES string of the molecule is CCN(CC(N)=NO)Cc1ccc(F)cc1Br. The van der Waals surface area contributed by atoms with Crippen LogP contribution in [0.2, 0.25) is 0 Å². The molecule has 6 heteroatoms. The molecule has 0 saturated heterocycles. The van der Waals surface area contributed by atoms with Gasteiger partial charge >= 0.3 is 0 Å². The van der Waals surface area contributed by atoms with Gasteiger partial charge in [-0.3, -0.25) is 4.90 Å². The molecule has 1 rings (SSSR count). The van der Waals surface area contributed by atoms with Gasteiger partial charge in [0.05, 0.1) is 6.54 Å². The van der Waals surface area contributed by atoms with Crippen molar-refractivity contribution in [3.05, 3.63) is 34.1 Å². The van der Waals surface area contributed by atoms with E-state index in [1.54, 1.807) is 6.07 Å². The van der Waals surface area contributed by atoms with E-state index in [2.05, 4.69) is 21.1 Å². The Morgan fingerprint density at radius 1 is 1.59 bits per heavy atom. The first-order chi connectivity index (χ1) is 8.06. The maximum absolute atomic E-state index is 12.9. The second kappa shape index (κ2) is 6.56. The molecule has 0 bridgehead atoms. The van der Waals surface area contributed by atoms with Crippen LogP contribution in [0.25, 0.3) is 0 Å². The minimum absolute atomic E-state index is 0.157. The van der Waals surface area contributed by atoms with Crippen molar-refractivity contribution in [3.8, 4) is 0 Å². The molecule has 0 spiro atoms. The van der Waals surface area contributed by atoms with E-state index < -0.39 is 0 Å². The Balaban J connectivity index is 2.73. The van der Waals surface area contributed by atoms with Crippen LogP contribution in [-0.2, 0) is 6.54 Å². The summed E-state index contributed by atoms with van der Waals surface area (Å²) in [4.78, 5) is 1.98. The summed E-state index contributed by atoms with van der Waals surface area (Å²) in [5.74, 6) is -0.120. The molecule has 3 N–H and O–H groups in total. The van der Waals surface area contributed by atoms with E-state index in [1.807, 2.05) is 11.8 Å². The number of likely N-dealkylation sites (N-methyl/N-ethyl adjacent to an activating group) is 1. The molecule has 0 saturated carbocycles. The zero-order valence-corrected chi connectivity index (χ0v) is 11.1. The number of oxime groups is 1. The fraction of sp³-hybridized carbons (Fsp3) is 0.364. The lowest BCUT2D eigenvalue weighted by Crippen LogP contribution is -2.33. The van der Waals surface area contributed by atoms with Gasteiger partial charge in [-0.2, -0.15) is 0 Å². The standard InChI is InChI=1S/C11H15BrFN3O/c1-2-16(7-11(14)15-17)6-8-3-4-9(13)5-10(8)12/h3-5,17H,2,6-7H2,1H3,(H2,14,15). The number of hydrogen-bond donors (Lipinski definition) is 2. The minimum atomic E-state index is -0.278. The zero-order valence-electron chi connectivity index (χ0n) is 9.53. The topological polar surface area (TPSA) is 61.8 Å². The van der Waals surface area contributed by atoms with Crippen molar-refractivity contribution >= 4 is 21.8 Å². The average molecular weight is 304 g/mol. The molecule has 0 aromatic heterocycles. The second-order valence-electron chi connectivity index (χ2n) is 3.63. The zero-order chi connectivity index (χ0) is 12.8. The first kappa shape index (κ1) is 13.9. The van der Waals surface area contributed by atoms with Gasteiger partial charge in [-0.25, -0.2) is 4.39 Å². The van der Waals surface area contributed by atoms with Gasteiger partial charge in [0.1, 0.15) is 5.82 Å². The van der Waals surface area contributed by atoms with Gasteiger partial charge in [0.25, 0.3) is 0 Å². The predicted octanol–water partition coefficient (Wildman–Crippen LogP) is 2.16. The van der Waals surface area contributed by atoms with E-state index in [0.717, 1.165) is 16.6 Å². The first-order valence-electron chi connectivity index (χ1n) is 5.19. The Labute approximate surface area is 108 Å². The van der Waals surface area contributed by atoms with Crippen molar-refractivity contribution in [2.24, 2.45) is 10.9 Å². The van der Waals surface area contributed by atoms with Gasteiger partial charge in [0, 0.05) is 11.0 Å². The van der Waals surface area contributed by atoms with Crippen LogP contribution >= 0.6 is 15.9 Å². The summed E-state index contributed by atoms with van der Waals surface area (Å²) in [6, 6.07) is 4.55. The van der Waals surface area contributed by atoms with E-state index in [4.69, 9.17) is 10.9 Å². The molecule has 0 aliphatic heterocycles. The number of nitrogens with zero attached hydrogens (tertiary/aromatic N) is 2. The normalized spacial score (nSPS) is 12.1. The highest BCUT2D eigenvalue weighted by molar-refractivity contribution is 9.10. The lowest BCUT2D eigenvalue weighted by Gasteiger charge is -2.20. The number of rotatable bonds is 5. The van der Waals surface area contributed by atoms with Crippen molar-refractivity contribution in [2.45, 2.75) is 13.5 Å². The molecule has 0 heterocycles. The molecule has 17 heavy (non-hydrogen) atoms. The number of amidine groups is 1. The van der Waals surface area contributed by atoms with Crippen LogP contribution < -0.4 is 5.73 Å². The first-order valence-corrected chi connectivity index (χ1v) is 5.98. The van der Waals surface area contributed by atoms with Crippen LogP contribution in [-0.4, -0.2) is 29.0 Å². The quantitative estimate of drug-likeness (QED) is 0.379. The molecule has 0 aliphatic rings. The number of halogens is 2. The van der Waals surface area contributed by atoms with Crippen molar-refractivity contribution in [1.29, 1.82) is 0 Å². The third-order valence-corrected chi connectivity index (χ3v) is 3.11. The minimum Gasteiger partial charge on any atom is -0.409 e. The fourth-order valence-corrected chi connectivity index (χ4v) is 1.91. The average Bonchev–Trinajstić information content (AvgIpc) is 2.31. The molecule has 0 fully saturated rings. The molecule has 4 nitrogen and oxygen atoms in total. The highest BCUT2D eigenvalue weighted by Crippen LogP contribution is 2.19. The summed E-state index contributed by atoms with van der Waals surface area (Å²) in [6.07, 6.45) is 0. The van der Waals surface area contributed by atoms with Gasteiger partial charge < -0.3 is 10.9 Å². The second-order valence-corrected chi connectivity index (χ2v) is 4.48. The summed E-state index contributed by atoms with van der Waals surface area (Å²) < 4.78 is 13.6.